The van der Waals surface area contributed by atoms with Crippen molar-refractivity contribution >= 4 is 11.9 Å². The van der Waals surface area contributed by atoms with Crippen molar-refractivity contribution in [2.75, 3.05) is 6.54 Å². The van der Waals surface area contributed by atoms with Crippen LogP contribution >= 0.6 is 0 Å². The number of likely N-dealkylation sites (tertiary alicyclic amines) is 1. The van der Waals surface area contributed by atoms with Crippen LogP contribution < -0.4 is 0 Å². The molecule has 120 valence electrons. The first kappa shape index (κ1) is 16.5. The molecule has 0 bridgehead atoms. The maximum atomic E-state index is 12.4. The summed E-state index contributed by atoms with van der Waals surface area (Å²) < 4.78 is 0. The van der Waals surface area contributed by atoms with Gasteiger partial charge in [0.25, 0.3) is 0 Å². The molecule has 1 aliphatic rings. The molecule has 1 N–H and O–H groups in total. The number of amides is 1. The Balaban J connectivity index is 1.92. The minimum absolute atomic E-state index is 0.0464. The van der Waals surface area contributed by atoms with E-state index in [4.69, 9.17) is 5.11 Å². The molecule has 1 saturated heterocycles. The summed E-state index contributed by atoms with van der Waals surface area (Å²) in [7, 11) is 0. The lowest BCUT2D eigenvalue weighted by molar-refractivity contribution is -0.139. The zero-order valence-electron chi connectivity index (χ0n) is 13.3. The van der Waals surface area contributed by atoms with Crippen LogP contribution in [-0.2, 0) is 22.4 Å². The molecule has 4 nitrogen and oxygen atoms in total. The van der Waals surface area contributed by atoms with Gasteiger partial charge in [-0.3, -0.25) is 9.59 Å². The summed E-state index contributed by atoms with van der Waals surface area (Å²) in [5, 5.41) is 8.93. The highest BCUT2D eigenvalue weighted by Gasteiger charge is 2.30. The zero-order valence-corrected chi connectivity index (χ0v) is 13.3. The van der Waals surface area contributed by atoms with Gasteiger partial charge in [-0.05, 0) is 36.8 Å². The second-order valence-corrected chi connectivity index (χ2v) is 6.08. The number of rotatable bonds is 7. The normalized spacial score (nSPS) is 17.7. The van der Waals surface area contributed by atoms with Gasteiger partial charge in [0.15, 0.2) is 0 Å². The zero-order chi connectivity index (χ0) is 15.9. The summed E-state index contributed by atoms with van der Waals surface area (Å²) in [5.74, 6) is -0.782. The highest BCUT2D eigenvalue weighted by atomic mass is 16.4. The van der Waals surface area contributed by atoms with Gasteiger partial charge in [0.05, 0.1) is 12.8 Å². The second-order valence-electron chi connectivity index (χ2n) is 6.08. The van der Waals surface area contributed by atoms with Gasteiger partial charge in [-0.15, -0.1) is 0 Å². The van der Waals surface area contributed by atoms with Gasteiger partial charge in [-0.25, -0.2) is 0 Å². The molecule has 1 aliphatic heterocycles. The molecule has 0 aliphatic carbocycles. The number of aryl methyl sites for hydroxylation is 1. The van der Waals surface area contributed by atoms with Crippen molar-refractivity contribution in [3.05, 3.63) is 35.4 Å². The molecule has 1 amide bonds. The number of carbonyl (C=O) groups excluding carboxylic acids is 1. The topological polar surface area (TPSA) is 57.6 Å². The average molecular weight is 303 g/mol. The fourth-order valence-electron chi connectivity index (χ4n) is 3.06. The largest absolute Gasteiger partial charge is 0.481 e. The fraction of sp³-hybridized carbons (Fsp3) is 0.556. The Bertz CT molecular complexity index is 510. The van der Waals surface area contributed by atoms with Crippen LogP contribution in [0.5, 0.6) is 0 Å². The predicted molar refractivity (Wildman–Crippen MR) is 85.7 cm³/mol. The minimum Gasteiger partial charge on any atom is -0.481 e. The van der Waals surface area contributed by atoms with E-state index in [1.165, 1.54) is 18.4 Å². The lowest BCUT2D eigenvalue weighted by Gasteiger charge is -2.23. The first-order valence-corrected chi connectivity index (χ1v) is 8.19. The predicted octanol–water partition coefficient (Wildman–Crippen LogP) is 3.04. The number of benzene rings is 1. The number of hydrogen-bond donors (Lipinski definition) is 1. The third-order valence-electron chi connectivity index (χ3n) is 4.31. The molecule has 1 aromatic rings. The summed E-state index contributed by atoms with van der Waals surface area (Å²) in [4.78, 5) is 25.0. The monoisotopic (exact) mass is 303 g/mol. The number of hydrogen-bond acceptors (Lipinski definition) is 2. The van der Waals surface area contributed by atoms with E-state index in [1.54, 1.807) is 4.90 Å². The van der Waals surface area contributed by atoms with Crippen molar-refractivity contribution in [2.24, 2.45) is 0 Å². The SMILES string of the molecule is CCCCc1ccc(CC(=O)N2CCCC2CC(=O)O)cc1. The summed E-state index contributed by atoms with van der Waals surface area (Å²) in [6.07, 6.45) is 5.57. The van der Waals surface area contributed by atoms with E-state index in [0.29, 0.717) is 13.0 Å². The maximum absolute atomic E-state index is 12.4. The summed E-state index contributed by atoms with van der Waals surface area (Å²) in [6.45, 7) is 2.86. The van der Waals surface area contributed by atoms with E-state index < -0.39 is 5.97 Å². The number of unbranched alkanes of at least 4 members (excludes halogenated alkanes) is 1. The van der Waals surface area contributed by atoms with E-state index >= 15 is 0 Å². The summed E-state index contributed by atoms with van der Waals surface area (Å²) >= 11 is 0. The molecule has 4 heteroatoms. The highest BCUT2D eigenvalue weighted by Crippen LogP contribution is 2.21. The van der Waals surface area contributed by atoms with Crippen molar-refractivity contribution in [1.29, 1.82) is 0 Å². The van der Waals surface area contributed by atoms with Gasteiger partial charge in [-0.2, -0.15) is 0 Å². The summed E-state index contributed by atoms with van der Waals surface area (Å²) in [6, 6.07) is 8.10. The van der Waals surface area contributed by atoms with Crippen LogP contribution in [0.2, 0.25) is 0 Å². The fourth-order valence-corrected chi connectivity index (χ4v) is 3.06. The number of carboxylic acid groups (broad SMARTS) is 1. The van der Waals surface area contributed by atoms with Crippen molar-refractivity contribution < 1.29 is 14.7 Å². The molecule has 2 rings (SSSR count). The van der Waals surface area contributed by atoms with Crippen LogP contribution in [-0.4, -0.2) is 34.5 Å². The number of aliphatic carboxylic acids is 1. The molecule has 1 aromatic carbocycles. The smallest absolute Gasteiger partial charge is 0.305 e. The van der Waals surface area contributed by atoms with E-state index in [2.05, 4.69) is 19.1 Å². The number of carbonyl (C=O) groups is 2. The quantitative estimate of drug-likeness (QED) is 0.842. The molecule has 0 radical (unpaired) electrons. The molecule has 0 spiro atoms. The molecule has 1 atom stereocenters. The van der Waals surface area contributed by atoms with Gasteiger partial charge >= 0.3 is 5.97 Å². The Hall–Kier alpha value is -1.84. The van der Waals surface area contributed by atoms with E-state index in [9.17, 15) is 9.59 Å². The molecule has 1 fully saturated rings. The Morgan fingerprint density at radius 1 is 1.23 bits per heavy atom. The molecular weight excluding hydrogens is 278 g/mol. The maximum Gasteiger partial charge on any atom is 0.305 e. The average Bonchev–Trinajstić information content (AvgIpc) is 2.94. The van der Waals surface area contributed by atoms with Crippen LogP contribution in [0.3, 0.4) is 0 Å². The molecule has 1 heterocycles. The van der Waals surface area contributed by atoms with Gasteiger partial charge < -0.3 is 10.0 Å². The molecule has 0 saturated carbocycles. The van der Waals surface area contributed by atoms with Crippen molar-refractivity contribution in [3.63, 3.8) is 0 Å². The highest BCUT2D eigenvalue weighted by molar-refractivity contribution is 5.80. The third kappa shape index (κ3) is 4.58. The standard InChI is InChI=1S/C18H25NO3/c1-2-3-5-14-7-9-15(10-8-14)12-17(20)19-11-4-6-16(19)13-18(21)22/h7-10,16H,2-6,11-13H2,1H3,(H,21,22). The first-order valence-electron chi connectivity index (χ1n) is 8.19. The third-order valence-corrected chi connectivity index (χ3v) is 4.31. The van der Waals surface area contributed by atoms with Crippen LogP contribution in [0.15, 0.2) is 24.3 Å². The molecule has 0 aromatic heterocycles. The van der Waals surface area contributed by atoms with E-state index in [1.807, 2.05) is 12.1 Å². The lowest BCUT2D eigenvalue weighted by atomic mass is 10.0. The van der Waals surface area contributed by atoms with Crippen LogP contribution in [0.25, 0.3) is 0 Å². The summed E-state index contributed by atoms with van der Waals surface area (Å²) in [5.41, 5.74) is 2.31. The van der Waals surface area contributed by atoms with E-state index in [0.717, 1.165) is 24.8 Å². The Morgan fingerprint density at radius 2 is 1.91 bits per heavy atom. The van der Waals surface area contributed by atoms with Gasteiger partial charge in [-0.1, -0.05) is 37.6 Å². The first-order chi connectivity index (χ1) is 10.6. The van der Waals surface area contributed by atoms with Crippen LogP contribution in [0.4, 0.5) is 0 Å². The second kappa shape index (κ2) is 7.97. The molecule has 1 unspecified atom stereocenters. The number of carboxylic acids is 1. The van der Waals surface area contributed by atoms with Crippen molar-refractivity contribution in [2.45, 2.75) is 57.9 Å². The molecule has 22 heavy (non-hydrogen) atoms. The molecular formula is C18H25NO3. The Labute approximate surface area is 132 Å². The number of nitrogens with zero attached hydrogens (tertiary/aromatic N) is 1. The Morgan fingerprint density at radius 3 is 2.55 bits per heavy atom. The Kier molecular flexibility index (Phi) is 5.99. The van der Waals surface area contributed by atoms with Gasteiger partial charge in [0, 0.05) is 12.6 Å². The van der Waals surface area contributed by atoms with Crippen LogP contribution in [0, 0.1) is 0 Å². The lowest BCUT2D eigenvalue weighted by Crippen LogP contribution is -2.37. The van der Waals surface area contributed by atoms with Crippen molar-refractivity contribution in [1.82, 2.24) is 4.90 Å². The van der Waals surface area contributed by atoms with Gasteiger partial charge in [0.1, 0.15) is 0 Å². The van der Waals surface area contributed by atoms with Crippen molar-refractivity contribution in [3.8, 4) is 0 Å². The minimum atomic E-state index is -0.829. The van der Waals surface area contributed by atoms with E-state index in [-0.39, 0.29) is 18.4 Å². The van der Waals surface area contributed by atoms with Gasteiger partial charge in [0.2, 0.25) is 5.91 Å². The van der Waals surface area contributed by atoms with Crippen LogP contribution in [0.1, 0.15) is 50.2 Å².